The van der Waals surface area contributed by atoms with E-state index in [-0.39, 0.29) is 18.7 Å². The van der Waals surface area contributed by atoms with Gasteiger partial charge < -0.3 is 16.8 Å². The normalized spacial score (nSPS) is 13.7. The molecule has 1 aliphatic rings. The van der Waals surface area contributed by atoms with Crippen molar-refractivity contribution in [2.24, 2.45) is 11.5 Å². The highest BCUT2D eigenvalue weighted by molar-refractivity contribution is 5.77. The number of amides is 3. The summed E-state index contributed by atoms with van der Waals surface area (Å²) in [5.41, 5.74) is 9.58. The van der Waals surface area contributed by atoms with Crippen LogP contribution in [0.15, 0.2) is 0 Å². The molecule has 0 aromatic carbocycles. The number of primary amides is 2. The fourth-order valence-corrected chi connectivity index (χ4v) is 1.00. The lowest BCUT2D eigenvalue weighted by atomic mass is 10.2. The van der Waals surface area contributed by atoms with Crippen LogP contribution in [0.2, 0.25) is 0 Å². The summed E-state index contributed by atoms with van der Waals surface area (Å²) in [6, 6.07) is 0. The molecule has 3 amide bonds. The van der Waals surface area contributed by atoms with Crippen molar-refractivity contribution in [2.75, 3.05) is 6.54 Å². The van der Waals surface area contributed by atoms with E-state index in [4.69, 9.17) is 11.5 Å². The first-order chi connectivity index (χ1) is 7.02. The van der Waals surface area contributed by atoms with Gasteiger partial charge in [-0.15, -0.1) is 0 Å². The van der Waals surface area contributed by atoms with Gasteiger partial charge in [0.15, 0.2) is 0 Å². The van der Waals surface area contributed by atoms with Gasteiger partial charge >= 0.3 is 0 Å². The first kappa shape index (κ1) is 13.4. The molecule has 6 nitrogen and oxygen atoms in total. The predicted molar refractivity (Wildman–Crippen MR) is 54.5 cm³/mol. The van der Waals surface area contributed by atoms with Gasteiger partial charge in [0, 0.05) is 25.8 Å². The van der Waals surface area contributed by atoms with Crippen molar-refractivity contribution in [2.45, 2.75) is 32.1 Å². The first-order valence-electron chi connectivity index (χ1n) is 4.85. The minimum atomic E-state index is -0.392. The molecule has 0 atom stereocenters. The minimum Gasteiger partial charge on any atom is -0.370 e. The summed E-state index contributed by atoms with van der Waals surface area (Å²) in [5, 5.41) is 2.68. The van der Waals surface area contributed by atoms with Crippen LogP contribution in [-0.4, -0.2) is 24.3 Å². The summed E-state index contributed by atoms with van der Waals surface area (Å²) < 4.78 is 0. The Balaban J connectivity index is 0.000000280. The largest absolute Gasteiger partial charge is 0.370 e. The van der Waals surface area contributed by atoms with E-state index >= 15 is 0 Å². The molecule has 0 unspecified atom stereocenters. The van der Waals surface area contributed by atoms with Gasteiger partial charge in [-0.3, -0.25) is 14.4 Å². The molecule has 6 heteroatoms. The van der Waals surface area contributed by atoms with Gasteiger partial charge in [-0.25, -0.2) is 0 Å². The van der Waals surface area contributed by atoms with Gasteiger partial charge in [0.2, 0.25) is 17.7 Å². The number of carbonyl (C=O) groups excluding carboxylic acids is 3. The summed E-state index contributed by atoms with van der Waals surface area (Å²) in [7, 11) is 0. The maximum absolute atomic E-state index is 10.1. The minimum absolute atomic E-state index is 0.204. The smallest absolute Gasteiger partial charge is 0.220 e. The van der Waals surface area contributed by atoms with E-state index in [2.05, 4.69) is 5.32 Å². The summed E-state index contributed by atoms with van der Waals surface area (Å²) in [6.45, 7) is 0.888. The third-order valence-electron chi connectivity index (χ3n) is 1.75. The van der Waals surface area contributed by atoms with Crippen molar-refractivity contribution in [3.05, 3.63) is 0 Å². The van der Waals surface area contributed by atoms with Crippen LogP contribution < -0.4 is 16.8 Å². The van der Waals surface area contributed by atoms with Crippen LogP contribution in [0.4, 0.5) is 0 Å². The van der Waals surface area contributed by atoms with Crippen LogP contribution in [0.5, 0.6) is 0 Å². The molecule has 0 radical (unpaired) electrons. The Hall–Kier alpha value is -1.59. The van der Waals surface area contributed by atoms with E-state index in [0.29, 0.717) is 6.42 Å². The van der Waals surface area contributed by atoms with Crippen molar-refractivity contribution >= 4 is 17.7 Å². The highest BCUT2D eigenvalue weighted by atomic mass is 16.2. The molecule has 1 rings (SSSR count). The van der Waals surface area contributed by atoms with Gasteiger partial charge in [-0.1, -0.05) is 0 Å². The Morgan fingerprint density at radius 3 is 1.93 bits per heavy atom. The molecule has 1 heterocycles. The zero-order valence-electron chi connectivity index (χ0n) is 8.62. The van der Waals surface area contributed by atoms with Gasteiger partial charge in [-0.05, 0) is 12.8 Å². The summed E-state index contributed by atoms with van der Waals surface area (Å²) in [6.07, 6.45) is 2.70. The maximum Gasteiger partial charge on any atom is 0.220 e. The van der Waals surface area contributed by atoms with Gasteiger partial charge in [-0.2, -0.15) is 0 Å². The molecule has 15 heavy (non-hydrogen) atoms. The highest BCUT2D eigenvalue weighted by Crippen LogP contribution is 1.93. The van der Waals surface area contributed by atoms with Crippen LogP contribution in [-0.2, 0) is 14.4 Å². The molecular formula is C9H17N3O3. The Morgan fingerprint density at radius 1 is 1.20 bits per heavy atom. The summed E-state index contributed by atoms with van der Waals surface area (Å²) >= 11 is 0. The van der Waals surface area contributed by atoms with E-state index in [1.165, 1.54) is 0 Å². The Morgan fingerprint density at radius 2 is 1.73 bits per heavy atom. The number of carbonyl (C=O) groups is 3. The molecule has 1 aliphatic heterocycles. The molecule has 0 aromatic rings. The van der Waals surface area contributed by atoms with E-state index in [0.717, 1.165) is 19.4 Å². The fraction of sp³-hybridized carbons (Fsp3) is 0.667. The zero-order chi connectivity index (χ0) is 11.7. The number of nitrogens with two attached hydrogens (primary N) is 2. The SMILES string of the molecule is NC(=O)CCCC(N)=O.O=C1CCCN1. The van der Waals surface area contributed by atoms with E-state index in [1.54, 1.807) is 0 Å². The van der Waals surface area contributed by atoms with Crippen LogP contribution in [0.25, 0.3) is 0 Å². The lowest BCUT2D eigenvalue weighted by Gasteiger charge is -1.90. The van der Waals surface area contributed by atoms with Gasteiger partial charge in [0.1, 0.15) is 0 Å². The van der Waals surface area contributed by atoms with Crippen molar-refractivity contribution in [1.29, 1.82) is 0 Å². The summed E-state index contributed by atoms with van der Waals surface area (Å²) in [5.74, 6) is -0.581. The predicted octanol–water partition coefficient (Wildman–Crippen LogP) is -0.976. The molecule has 86 valence electrons. The second-order valence-electron chi connectivity index (χ2n) is 3.24. The molecular weight excluding hydrogens is 198 g/mol. The lowest BCUT2D eigenvalue weighted by molar-refractivity contribution is -0.120. The molecule has 0 spiro atoms. The second kappa shape index (κ2) is 7.78. The Labute approximate surface area is 88.4 Å². The van der Waals surface area contributed by atoms with Crippen LogP contribution in [0.3, 0.4) is 0 Å². The lowest BCUT2D eigenvalue weighted by Crippen LogP contribution is -2.14. The molecule has 1 fully saturated rings. The molecule has 5 N–H and O–H groups in total. The summed E-state index contributed by atoms with van der Waals surface area (Å²) in [4.78, 5) is 30.2. The Kier molecular flexibility index (Phi) is 6.96. The molecule has 0 saturated carbocycles. The number of hydrogen-bond donors (Lipinski definition) is 3. The molecule has 0 bridgehead atoms. The number of hydrogen-bond acceptors (Lipinski definition) is 3. The second-order valence-corrected chi connectivity index (χ2v) is 3.24. The molecule has 0 aromatic heterocycles. The number of rotatable bonds is 4. The zero-order valence-corrected chi connectivity index (χ0v) is 8.62. The molecule has 0 aliphatic carbocycles. The van der Waals surface area contributed by atoms with E-state index in [9.17, 15) is 14.4 Å². The third-order valence-corrected chi connectivity index (χ3v) is 1.75. The first-order valence-corrected chi connectivity index (χ1v) is 4.85. The third kappa shape index (κ3) is 10.3. The average molecular weight is 215 g/mol. The number of nitrogens with one attached hydrogen (secondary N) is 1. The average Bonchev–Trinajstić information content (AvgIpc) is 2.55. The van der Waals surface area contributed by atoms with Crippen molar-refractivity contribution < 1.29 is 14.4 Å². The fourth-order valence-electron chi connectivity index (χ4n) is 1.00. The van der Waals surface area contributed by atoms with E-state index in [1.807, 2.05) is 0 Å². The highest BCUT2D eigenvalue weighted by Gasteiger charge is 2.05. The van der Waals surface area contributed by atoms with Crippen LogP contribution in [0.1, 0.15) is 32.1 Å². The van der Waals surface area contributed by atoms with Gasteiger partial charge in [0.05, 0.1) is 0 Å². The van der Waals surface area contributed by atoms with Crippen molar-refractivity contribution in [3.63, 3.8) is 0 Å². The monoisotopic (exact) mass is 215 g/mol. The van der Waals surface area contributed by atoms with Crippen molar-refractivity contribution in [1.82, 2.24) is 5.32 Å². The quantitative estimate of drug-likeness (QED) is 0.560. The van der Waals surface area contributed by atoms with Gasteiger partial charge in [0.25, 0.3) is 0 Å². The van der Waals surface area contributed by atoms with E-state index < -0.39 is 11.8 Å². The Bertz CT molecular complexity index is 219. The standard InChI is InChI=1S/C5H10N2O2.C4H7NO/c6-4(8)2-1-3-5(7)9;6-4-2-1-3-5-4/h1-3H2,(H2,6,8)(H2,7,9);1-3H2,(H,5,6). The van der Waals surface area contributed by atoms with Crippen molar-refractivity contribution in [3.8, 4) is 0 Å². The van der Waals surface area contributed by atoms with Crippen LogP contribution in [0, 0.1) is 0 Å². The maximum atomic E-state index is 10.1. The topological polar surface area (TPSA) is 115 Å². The van der Waals surface area contributed by atoms with Crippen LogP contribution >= 0.6 is 0 Å². The molecule has 1 saturated heterocycles.